The summed E-state index contributed by atoms with van der Waals surface area (Å²) >= 11 is 0. The fraction of sp³-hybridized carbons (Fsp3) is 0.227. The number of H-pyrrole nitrogens is 1. The zero-order chi connectivity index (χ0) is 26.3. The SMILES string of the molecule is O=C(Nc1ccc(F)c(OC(F)(F)F)c1)C1c2ccccc2C(=O)N(CC(F)(F)F)C1c1cn[nH]c1. The molecule has 0 radical (unpaired) electrons. The molecule has 7 nitrogen and oxygen atoms in total. The monoisotopic (exact) mass is 516 g/mol. The highest BCUT2D eigenvalue weighted by molar-refractivity contribution is 6.04. The van der Waals surface area contributed by atoms with Crippen molar-refractivity contribution in [2.45, 2.75) is 24.5 Å². The molecule has 2 heterocycles. The van der Waals surface area contributed by atoms with Gasteiger partial charge in [0.25, 0.3) is 5.91 Å². The Labute approximate surface area is 197 Å². The normalized spacial score (nSPS) is 18.1. The molecule has 2 unspecified atom stereocenters. The van der Waals surface area contributed by atoms with Crippen molar-refractivity contribution in [1.82, 2.24) is 15.1 Å². The Hall–Kier alpha value is -4.10. The number of nitrogens with zero attached hydrogens (tertiary/aromatic N) is 2. The molecule has 2 N–H and O–H groups in total. The fourth-order valence-corrected chi connectivity index (χ4v) is 4.04. The summed E-state index contributed by atoms with van der Waals surface area (Å²) in [4.78, 5) is 26.9. The molecule has 2 atom stereocenters. The second-order valence-corrected chi connectivity index (χ2v) is 7.77. The zero-order valence-corrected chi connectivity index (χ0v) is 17.8. The molecule has 14 heteroatoms. The van der Waals surface area contributed by atoms with Crippen LogP contribution in [0.2, 0.25) is 0 Å². The molecule has 1 aromatic heterocycles. The van der Waals surface area contributed by atoms with Gasteiger partial charge in [0.15, 0.2) is 11.6 Å². The van der Waals surface area contributed by atoms with Gasteiger partial charge in [0.2, 0.25) is 5.91 Å². The molecule has 0 aliphatic carbocycles. The Kier molecular flexibility index (Phi) is 6.37. The van der Waals surface area contributed by atoms with Gasteiger partial charge in [0.1, 0.15) is 6.54 Å². The number of ether oxygens (including phenoxy) is 1. The van der Waals surface area contributed by atoms with E-state index in [4.69, 9.17) is 0 Å². The summed E-state index contributed by atoms with van der Waals surface area (Å²) in [5, 5.41) is 8.42. The van der Waals surface area contributed by atoms with Crippen LogP contribution in [-0.2, 0) is 4.79 Å². The van der Waals surface area contributed by atoms with Gasteiger partial charge in [0.05, 0.1) is 18.2 Å². The van der Waals surface area contributed by atoms with Crippen LogP contribution in [0, 0.1) is 5.82 Å². The first-order chi connectivity index (χ1) is 16.8. The minimum absolute atomic E-state index is 0.0856. The van der Waals surface area contributed by atoms with Crippen LogP contribution >= 0.6 is 0 Å². The van der Waals surface area contributed by atoms with Crippen molar-refractivity contribution in [3.05, 3.63) is 77.4 Å². The highest BCUT2D eigenvalue weighted by Gasteiger charge is 2.48. The Morgan fingerprint density at radius 2 is 1.83 bits per heavy atom. The van der Waals surface area contributed by atoms with Crippen molar-refractivity contribution in [1.29, 1.82) is 0 Å². The zero-order valence-electron chi connectivity index (χ0n) is 17.8. The van der Waals surface area contributed by atoms with E-state index >= 15 is 0 Å². The molecule has 36 heavy (non-hydrogen) atoms. The topological polar surface area (TPSA) is 87.3 Å². The molecule has 2 aromatic carbocycles. The maximum atomic E-state index is 13.8. The number of nitrogens with one attached hydrogen (secondary N) is 2. The van der Waals surface area contributed by atoms with Crippen LogP contribution < -0.4 is 10.1 Å². The van der Waals surface area contributed by atoms with Crippen LogP contribution in [0.25, 0.3) is 0 Å². The van der Waals surface area contributed by atoms with Crippen LogP contribution in [0.4, 0.5) is 36.4 Å². The van der Waals surface area contributed by atoms with Crippen molar-refractivity contribution >= 4 is 17.5 Å². The molecular formula is C22H15F7N4O3. The number of rotatable bonds is 5. The molecule has 3 aromatic rings. The number of hydrogen-bond donors (Lipinski definition) is 2. The van der Waals surface area contributed by atoms with Crippen LogP contribution in [0.3, 0.4) is 0 Å². The van der Waals surface area contributed by atoms with Crippen LogP contribution in [-0.4, -0.2) is 46.0 Å². The molecule has 0 saturated carbocycles. The summed E-state index contributed by atoms with van der Waals surface area (Å²) in [6, 6.07) is 6.23. The van der Waals surface area contributed by atoms with Gasteiger partial charge in [-0.05, 0) is 23.8 Å². The number of amides is 2. The number of carbonyl (C=O) groups is 2. The summed E-state index contributed by atoms with van der Waals surface area (Å²) < 4.78 is 95.5. The quantitative estimate of drug-likeness (QED) is 0.471. The minimum Gasteiger partial charge on any atom is -0.403 e. The predicted molar refractivity (Wildman–Crippen MR) is 109 cm³/mol. The van der Waals surface area contributed by atoms with Crippen LogP contribution in [0.5, 0.6) is 5.75 Å². The highest BCUT2D eigenvalue weighted by Crippen LogP contribution is 2.44. The van der Waals surface area contributed by atoms with E-state index in [2.05, 4.69) is 20.3 Å². The number of benzene rings is 2. The number of fused-ring (bicyclic) bond motifs is 1. The van der Waals surface area contributed by atoms with Crippen molar-refractivity contribution in [3.63, 3.8) is 0 Å². The van der Waals surface area contributed by atoms with Crippen molar-refractivity contribution in [3.8, 4) is 5.75 Å². The lowest BCUT2D eigenvalue weighted by Gasteiger charge is -2.41. The molecule has 0 fully saturated rings. The molecule has 2 amide bonds. The van der Waals surface area contributed by atoms with Gasteiger partial charge < -0.3 is 15.0 Å². The molecular weight excluding hydrogens is 501 g/mol. The van der Waals surface area contributed by atoms with Gasteiger partial charge in [-0.2, -0.15) is 18.3 Å². The lowest BCUT2D eigenvalue weighted by atomic mass is 9.79. The van der Waals surface area contributed by atoms with Crippen molar-refractivity contribution in [2.75, 3.05) is 11.9 Å². The third kappa shape index (κ3) is 5.26. The number of alkyl halides is 6. The van der Waals surface area contributed by atoms with Gasteiger partial charge in [-0.3, -0.25) is 14.7 Å². The van der Waals surface area contributed by atoms with Crippen LogP contribution in [0.1, 0.15) is 33.4 Å². The molecule has 4 rings (SSSR count). The highest BCUT2D eigenvalue weighted by atomic mass is 19.4. The molecule has 0 bridgehead atoms. The number of halogens is 7. The van der Waals surface area contributed by atoms with E-state index in [9.17, 15) is 40.3 Å². The summed E-state index contributed by atoms with van der Waals surface area (Å²) in [6.45, 7) is -1.68. The average molecular weight is 516 g/mol. The standard InChI is InChI=1S/C22H15F7N4O3/c23-15-6-5-12(7-16(15)36-22(27,28)29)32-19(34)17-13-3-1-2-4-14(13)20(35)33(10-21(24,25)26)18(17)11-8-30-31-9-11/h1-9,17-18H,10H2,(H,30,31)(H,32,34). The minimum atomic E-state index is -5.21. The van der Waals surface area contributed by atoms with E-state index in [0.717, 1.165) is 12.3 Å². The Morgan fingerprint density at radius 1 is 1.11 bits per heavy atom. The lowest BCUT2D eigenvalue weighted by molar-refractivity contribution is -0.275. The van der Waals surface area contributed by atoms with E-state index in [1.807, 2.05) is 0 Å². The third-order valence-corrected chi connectivity index (χ3v) is 5.36. The molecule has 0 spiro atoms. The number of carbonyl (C=O) groups excluding carboxylic acids is 2. The number of aromatic nitrogens is 2. The molecule has 1 aliphatic heterocycles. The van der Waals surface area contributed by atoms with Gasteiger partial charge in [-0.15, -0.1) is 13.2 Å². The summed E-state index contributed by atoms with van der Waals surface area (Å²) in [5.74, 6) is -5.94. The van der Waals surface area contributed by atoms with E-state index in [1.165, 1.54) is 30.5 Å². The third-order valence-electron chi connectivity index (χ3n) is 5.36. The number of anilines is 1. The first-order valence-corrected chi connectivity index (χ1v) is 10.2. The summed E-state index contributed by atoms with van der Waals surface area (Å²) in [5.41, 5.74) is -0.286. The van der Waals surface area contributed by atoms with E-state index in [0.29, 0.717) is 17.0 Å². The second kappa shape index (κ2) is 9.17. The average Bonchev–Trinajstić information content (AvgIpc) is 3.30. The lowest BCUT2D eigenvalue weighted by Crippen LogP contribution is -2.49. The number of hydrogen-bond acceptors (Lipinski definition) is 4. The second-order valence-electron chi connectivity index (χ2n) is 7.77. The maximum Gasteiger partial charge on any atom is 0.573 e. The van der Waals surface area contributed by atoms with Gasteiger partial charge in [0, 0.05) is 29.1 Å². The fourth-order valence-electron chi connectivity index (χ4n) is 4.04. The van der Waals surface area contributed by atoms with Crippen molar-refractivity contribution < 1.29 is 45.1 Å². The van der Waals surface area contributed by atoms with E-state index in [-0.39, 0.29) is 22.4 Å². The van der Waals surface area contributed by atoms with Gasteiger partial charge in [-0.1, -0.05) is 18.2 Å². The molecule has 0 saturated heterocycles. The van der Waals surface area contributed by atoms with Gasteiger partial charge in [-0.25, -0.2) is 4.39 Å². The Morgan fingerprint density at radius 3 is 2.47 bits per heavy atom. The number of aromatic amines is 1. The van der Waals surface area contributed by atoms with Crippen LogP contribution in [0.15, 0.2) is 54.9 Å². The summed E-state index contributed by atoms with van der Waals surface area (Å²) in [7, 11) is 0. The Balaban J connectivity index is 1.77. The van der Waals surface area contributed by atoms with Gasteiger partial charge >= 0.3 is 12.5 Å². The van der Waals surface area contributed by atoms with Crippen molar-refractivity contribution in [2.24, 2.45) is 0 Å². The molecule has 190 valence electrons. The maximum absolute atomic E-state index is 13.8. The predicted octanol–water partition coefficient (Wildman–Crippen LogP) is 4.93. The first-order valence-electron chi connectivity index (χ1n) is 10.2. The van der Waals surface area contributed by atoms with E-state index in [1.54, 1.807) is 0 Å². The first kappa shape index (κ1) is 25.0. The summed E-state index contributed by atoms with van der Waals surface area (Å²) in [6.07, 6.45) is -7.65. The molecule has 1 aliphatic rings. The Bertz CT molecular complexity index is 1280. The van der Waals surface area contributed by atoms with E-state index < -0.39 is 54.4 Å². The smallest absolute Gasteiger partial charge is 0.403 e. The largest absolute Gasteiger partial charge is 0.573 e.